The molecule has 2 amide bonds. The van der Waals surface area contributed by atoms with E-state index >= 15 is 0 Å². The molecule has 0 bridgehead atoms. The van der Waals surface area contributed by atoms with E-state index in [-0.39, 0.29) is 0 Å². The maximum absolute atomic E-state index is 13.2. The number of anilines is 1. The van der Waals surface area contributed by atoms with Crippen LogP contribution < -0.4 is 4.90 Å². The third-order valence-electron chi connectivity index (χ3n) is 4.01. The first-order chi connectivity index (χ1) is 11.6. The van der Waals surface area contributed by atoms with E-state index in [0.717, 1.165) is 10.5 Å². The number of carbonyl (C=O) groups excluding carboxylic acids is 2. The molecule has 1 aliphatic rings. The molecule has 1 atom stereocenters. The standard InChI is InChI=1S/C20H20ClNO3/c1-13-8-7-9-14(12-13)20(21)15-10-5-6-11-16(15)22(17(20)23)18(24)25-19(2,3)4/h5-12H,1-4H3/t20-/m1/s1. The summed E-state index contributed by atoms with van der Waals surface area (Å²) in [5.41, 5.74) is 1.94. The highest BCUT2D eigenvalue weighted by Crippen LogP contribution is 2.49. The van der Waals surface area contributed by atoms with Crippen molar-refractivity contribution in [3.63, 3.8) is 0 Å². The lowest BCUT2D eigenvalue weighted by Crippen LogP contribution is -2.43. The lowest BCUT2D eigenvalue weighted by atomic mass is 9.90. The number of hydrogen-bond acceptors (Lipinski definition) is 3. The Hall–Kier alpha value is -2.33. The second-order valence-electron chi connectivity index (χ2n) is 7.17. The number of alkyl halides is 1. The summed E-state index contributed by atoms with van der Waals surface area (Å²) in [4.78, 5) is 25.5. The number of aryl methyl sites for hydroxylation is 1. The number of imide groups is 1. The quantitative estimate of drug-likeness (QED) is 0.691. The van der Waals surface area contributed by atoms with Crippen molar-refractivity contribution < 1.29 is 14.3 Å². The van der Waals surface area contributed by atoms with E-state index in [2.05, 4.69) is 0 Å². The first-order valence-corrected chi connectivity index (χ1v) is 8.45. The molecule has 0 unspecified atom stereocenters. The van der Waals surface area contributed by atoms with Crippen LogP contribution in [0.2, 0.25) is 0 Å². The van der Waals surface area contributed by atoms with Crippen molar-refractivity contribution in [3.05, 3.63) is 65.2 Å². The third kappa shape index (κ3) is 2.91. The molecule has 3 rings (SSSR count). The molecular weight excluding hydrogens is 338 g/mol. The second kappa shape index (κ2) is 5.88. The van der Waals surface area contributed by atoms with Gasteiger partial charge in [0, 0.05) is 5.56 Å². The van der Waals surface area contributed by atoms with Gasteiger partial charge in [-0.15, -0.1) is 0 Å². The van der Waals surface area contributed by atoms with Gasteiger partial charge in [0.1, 0.15) is 5.60 Å². The number of para-hydroxylation sites is 1. The zero-order valence-electron chi connectivity index (χ0n) is 14.7. The fraction of sp³-hybridized carbons (Fsp3) is 0.300. The van der Waals surface area contributed by atoms with Crippen molar-refractivity contribution in [1.82, 2.24) is 0 Å². The average molecular weight is 358 g/mol. The Morgan fingerprint density at radius 3 is 2.44 bits per heavy atom. The SMILES string of the molecule is Cc1cccc([C@]2(Cl)C(=O)N(C(=O)OC(C)(C)C)c3ccccc32)c1. The monoisotopic (exact) mass is 357 g/mol. The van der Waals surface area contributed by atoms with Crippen molar-refractivity contribution in [2.24, 2.45) is 0 Å². The number of halogens is 1. The number of benzene rings is 2. The Bertz CT molecular complexity index is 856. The third-order valence-corrected chi connectivity index (χ3v) is 4.59. The lowest BCUT2D eigenvalue weighted by molar-refractivity contribution is -0.119. The van der Waals surface area contributed by atoms with E-state index in [1.807, 2.05) is 25.1 Å². The zero-order chi connectivity index (χ0) is 18.4. The first kappa shape index (κ1) is 17.5. The first-order valence-electron chi connectivity index (χ1n) is 8.08. The number of rotatable bonds is 1. The number of fused-ring (bicyclic) bond motifs is 1. The molecule has 25 heavy (non-hydrogen) atoms. The van der Waals surface area contributed by atoms with Crippen LogP contribution in [0.4, 0.5) is 10.5 Å². The fourth-order valence-electron chi connectivity index (χ4n) is 2.97. The van der Waals surface area contributed by atoms with E-state index in [4.69, 9.17) is 16.3 Å². The van der Waals surface area contributed by atoms with Gasteiger partial charge in [-0.05, 0) is 39.3 Å². The summed E-state index contributed by atoms with van der Waals surface area (Å²) >= 11 is 6.86. The largest absolute Gasteiger partial charge is 0.443 e. The summed E-state index contributed by atoms with van der Waals surface area (Å²) in [6.07, 6.45) is -0.722. The highest BCUT2D eigenvalue weighted by molar-refractivity contribution is 6.44. The van der Waals surface area contributed by atoms with E-state index in [9.17, 15) is 9.59 Å². The molecule has 0 saturated carbocycles. The summed E-state index contributed by atoms with van der Waals surface area (Å²) in [5.74, 6) is -0.518. The maximum Gasteiger partial charge on any atom is 0.421 e. The van der Waals surface area contributed by atoms with Crippen LogP contribution in [0.3, 0.4) is 0 Å². The Morgan fingerprint density at radius 1 is 1.12 bits per heavy atom. The van der Waals surface area contributed by atoms with Crippen LogP contribution in [-0.4, -0.2) is 17.6 Å². The van der Waals surface area contributed by atoms with Crippen LogP contribution >= 0.6 is 11.6 Å². The molecule has 0 fully saturated rings. The summed E-state index contributed by atoms with van der Waals surface area (Å²) in [5, 5.41) is 0. The van der Waals surface area contributed by atoms with Crippen LogP contribution in [0.1, 0.15) is 37.5 Å². The molecule has 1 heterocycles. The minimum atomic E-state index is -1.44. The van der Waals surface area contributed by atoms with Gasteiger partial charge in [-0.2, -0.15) is 0 Å². The fourth-order valence-corrected chi connectivity index (χ4v) is 3.33. The van der Waals surface area contributed by atoms with Gasteiger partial charge in [-0.1, -0.05) is 59.6 Å². The lowest BCUT2D eigenvalue weighted by Gasteiger charge is -2.25. The average Bonchev–Trinajstić information content (AvgIpc) is 2.75. The molecule has 130 valence electrons. The van der Waals surface area contributed by atoms with Crippen LogP contribution in [0.25, 0.3) is 0 Å². The summed E-state index contributed by atoms with van der Waals surface area (Å²) < 4.78 is 5.41. The van der Waals surface area contributed by atoms with Gasteiger partial charge in [0.2, 0.25) is 0 Å². The van der Waals surface area contributed by atoms with Crippen molar-refractivity contribution in [1.29, 1.82) is 0 Å². The Morgan fingerprint density at radius 2 is 1.80 bits per heavy atom. The summed E-state index contributed by atoms with van der Waals surface area (Å²) in [6, 6.07) is 14.5. The van der Waals surface area contributed by atoms with Gasteiger partial charge >= 0.3 is 6.09 Å². The summed E-state index contributed by atoms with van der Waals surface area (Å²) in [6.45, 7) is 7.20. The van der Waals surface area contributed by atoms with Gasteiger partial charge in [0.25, 0.3) is 5.91 Å². The predicted molar refractivity (Wildman–Crippen MR) is 98.0 cm³/mol. The Labute approximate surface area is 152 Å². The van der Waals surface area contributed by atoms with Crippen molar-refractivity contribution in [3.8, 4) is 0 Å². The molecule has 2 aromatic rings. The molecule has 0 N–H and O–H groups in total. The number of ether oxygens (including phenoxy) is 1. The normalized spacial score (nSPS) is 19.7. The molecule has 1 aliphatic heterocycles. The molecule has 2 aromatic carbocycles. The second-order valence-corrected chi connectivity index (χ2v) is 7.73. The van der Waals surface area contributed by atoms with Crippen LogP contribution in [0, 0.1) is 6.92 Å². The van der Waals surface area contributed by atoms with Gasteiger partial charge in [-0.25, -0.2) is 9.69 Å². The number of carbonyl (C=O) groups is 2. The minimum Gasteiger partial charge on any atom is -0.443 e. The molecule has 0 aromatic heterocycles. The topological polar surface area (TPSA) is 46.6 Å². The van der Waals surface area contributed by atoms with Crippen LogP contribution in [-0.2, 0) is 14.4 Å². The van der Waals surface area contributed by atoms with Crippen LogP contribution in [0.15, 0.2) is 48.5 Å². The smallest absolute Gasteiger partial charge is 0.421 e. The number of amides is 2. The molecule has 5 heteroatoms. The van der Waals surface area contributed by atoms with Crippen molar-refractivity contribution >= 4 is 29.3 Å². The van der Waals surface area contributed by atoms with Crippen molar-refractivity contribution in [2.75, 3.05) is 4.90 Å². The van der Waals surface area contributed by atoms with E-state index in [1.54, 1.807) is 51.1 Å². The predicted octanol–water partition coefficient (Wildman–Crippen LogP) is 4.76. The molecule has 0 spiro atoms. The molecule has 0 radical (unpaired) electrons. The molecular formula is C20H20ClNO3. The maximum atomic E-state index is 13.2. The molecule has 4 nitrogen and oxygen atoms in total. The minimum absolute atomic E-state index is 0.457. The van der Waals surface area contributed by atoms with E-state index < -0.39 is 22.5 Å². The molecule has 0 aliphatic carbocycles. The number of nitrogens with zero attached hydrogens (tertiary/aromatic N) is 1. The highest BCUT2D eigenvalue weighted by atomic mass is 35.5. The Balaban J connectivity index is 2.14. The van der Waals surface area contributed by atoms with Crippen molar-refractivity contribution in [2.45, 2.75) is 38.2 Å². The van der Waals surface area contributed by atoms with E-state index in [1.165, 1.54) is 0 Å². The van der Waals surface area contributed by atoms with Gasteiger partial charge in [0.15, 0.2) is 4.87 Å². The van der Waals surface area contributed by atoms with E-state index in [0.29, 0.717) is 16.8 Å². The highest BCUT2D eigenvalue weighted by Gasteiger charge is 2.54. The zero-order valence-corrected chi connectivity index (χ0v) is 15.4. The molecule has 0 saturated heterocycles. The number of hydrogen-bond donors (Lipinski definition) is 0. The van der Waals surface area contributed by atoms with Gasteiger partial charge < -0.3 is 4.74 Å². The summed E-state index contributed by atoms with van der Waals surface area (Å²) in [7, 11) is 0. The van der Waals surface area contributed by atoms with Gasteiger partial charge in [0.05, 0.1) is 5.69 Å². The Kier molecular flexibility index (Phi) is 4.12. The van der Waals surface area contributed by atoms with Crippen LogP contribution in [0.5, 0.6) is 0 Å². The van der Waals surface area contributed by atoms with Gasteiger partial charge in [-0.3, -0.25) is 4.79 Å².